The van der Waals surface area contributed by atoms with Gasteiger partial charge in [-0.2, -0.15) is 5.10 Å². The van der Waals surface area contributed by atoms with Crippen LogP contribution in [0.3, 0.4) is 0 Å². The van der Waals surface area contributed by atoms with E-state index in [2.05, 4.69) is 40.4 Å². The van der Waals surface area contributed by atoms with E-state index in [4.69, 9.17) is 0 Å². The van der Waals surface area contributed by atoms with Crippen molar-refractivity contribution in [3.63, 3.8) is 0 Å². The summed E-state index contributed by atoms with van der Waals surface area (Å²) in [6.07, 6.45) is 6.67. The van der Waals surface area contributed by atoms with E-state index in [1.54, 1.807) is 36.9 Å². The van der Waals surface area contributed by atoms with Gasteiger partial charge in [-0.15, -0.1) is 0 Å². The molecule has 6 aromatic rings. The van der Waals surface area contributed by atoms with Crippen LogP contribution in [-0.2, 0) is 4.79 Å². The first-order valence-corrected chi connectivity index (χ1v) is 11.7. The highest BCUT2D eigenvalue weighted by Crippen LogP contribution is 2.32. The Morgan fingerprint density at radius 3 is 2.65 bits per heavy atom. The van der Waals surface area contributed by atoms with Gasteiger partial charge in [0.15, 0.2) is 11.5 Å². The van der Waals surface area contributed by atoms with Crippen LogP contribution in [0.15, 0.2) is 67.3 Å². The van der Waals surface area contributed by atoms with E-state index < -0.39 is 0 Å². The summed E-state index contributed by atoms with van der Waals surface area (Å²) in [5, 5.41) is 11.2. The van der Waals surface area contributed by atoms with E-state index in [0.717, 1.165) is 33.1 Å². The second-order valence-electron chi connectivity index (χ2n) is 8.94. The Hall–Kier alpha value is -4.99. The van der Waals surface area contributed by atoms with Crippen molar-refractivity contribution in [3.05, 3.63) is 73.1 Å². The molecule has 0 aliphatic carbocycles. The maximum atomic E-state index is 13.4. The first-order valence-electron chi connectivity index (χ1n) is 11.7. The van der Waals surface area contributed by atoms with Gasteiger partial charge >= 0.3 is 0 Å². The Kier molecular flexibility index (Phi) is 5.41. The number of rotatable bonds is 5. The molecule has 0 aliphatic rings. The van der Waals surface area contributed by atoms with Crippen LogP contribution in [0.4, 0.5) is 10.1 Å². The Balaban J connectivity index is 1.41. The maximum Gasteiger partial charge on any atom is 0.226 e. The highest BCUT2D eigenvalue weighted by atomic mass is 19.1. The van der Waals surface area contributed by atoms with E-state index in [1.807, 2.05) is 32.0 Å². The molecule has 9 nitrogen and oxygen atoms in total. The van der Waals surface area contributed by atoms with Gasteiger partial charge in [0, 0.05) is 34.8 Å². The van der Waals surface area contributed by atoms with Crippen molar-refractivity contribution < 1.29 is 9.18 Å². The predicted molar refractivity (Wildman–Crippen MR) is 139 cm³/mol. The number of hydrogen-bond donors (Lipinski definition) is 3. The topological polar surface area (TPSA) is 125 Å². The van der Waals surface area contributed by atoms with Gasteiger partial charge in [0.05, 0.1) is 34.8 Å². The van der Waals surface area contributed by atoms with E-state index in [-0.39, 0.29) is 17.6 Å². The fourth-order valence-corrected chi connectivity index (χ4v) is 4.08. The van der Waals surface area contributed by atoms with Crippen LogP contribution < -0.4 is 5.32 Å². The molecule has 0 saturated heterocycles. The second-order valence-corrected chi connectivity index (χ2v) is 8.94. The number of anilines is 1. The fraction of sp³-hybridized carbons (Fsp3) is 0.111. The molecular weight excluding hydrogens is 471 g/mol. The number of H-pyrrole nitrogens is 2. The van der Waals surface area contributed by atoms with Gasteiger partial charge in [-0.05, 0) is 35.9 Å². The number of halogens is 1. The summed E-state index contributed by atoms with van der Waals surface area (Å²) in [7, 11) is 0. The van der Waals surface area contributed by atoms with Crippen molar-refractivity contribution >= 4 is 33.7 Å². The van der Waals surface area contributed by atoms with Crippen molar-refractivity contribution in [2.24, 2.45) is 5.92 Å². The van der Waals surface area contributed by atoms with E-state index >= 15 is 0 Å². The summed E-state index contributed by atoms with van der Waals surface area (Å²) in [5.41, 5.74) is 6.33. The summed E-state index contributed by atoms with van der Waals surface area (Å²) in [5.74, 6) is 0.0119. The molecule has 1 amide bonds. The molecule has 3 N–H and O–H groups in total. The summed E-state index contributed by atoms with van der Waals surface area (Å²) in [4.78, 5) is 33.3. The first-order chi connectivity index (χ1) is 18.0. The third-order valence-corrected chi connectivity index (χ3v) is 6.04. The smallest absolute Gasteiger partial charge is 0.226 e. The number of aromatic amines is 2. The fourth-order valence-electron chi connectivity index (χ4n) is 4.08. The van der Waals surface area contributed by atoms with Crippen LogP contribution >= 0.6 is 0 Å². The molecule has 1 aromatic carbocycles. The average Bonchev–Trinajstić information content (AvgIpc) is 3.53. The minimum Gasteiger partial charge on any atom is -0.335 e. The van der Waals surface area contributed by atoms with E-state index in [0.29, 0.717) is 28.5 Å². The van der Waals surface area contributed by atoms with Crippen molar-refractivity contribution in [1.82, 2.24) is 35.1 Å². The second kappa shape index (κ2) is 8.90. The SMILES string of the molecule is CC(C)C(=O)Nc1cncc(-c2cc3c(-c4nc5nccc(-c6ccc(F)cc6)c5[nH]4)n[nH]c3cn2)c1. The molecule has 0 unspecified atom stereocenters. The van der Waals surface area contributed by atoms with Gasteiger partial charge in [0.1, 0.15) is 11.5 Å². The molecule has 5 aromatic heterocycles. The van der Waals surface area contributed by atoms with Crippen LogP contribution in [0, 0.1) is 11.7 Å². The number of carbonyl (C=O) groups excluding carboxylic acids is 1. The predicted octanol–water partition coefficient (Wildman–Crippen LogP) is 5.36. The summed E-state index contributed by atoms with van der Waals surface area (Å²) < 4.78 is 13.4. The Bertz CT molecular complexity index is 1770. The molecule has 0 fully saturated rings. The molecular formula is C27H21FN8O. The number of nitrogens with one attached hydrogen (secondary N) is 3. The molecule has 0 radical (unpaired) electrons. The van der Waals surface area contributed by atoms with E-state index in [1.165, 1.54) is 12.1 Å². The lowest BCUT2D eigenvalue weighted by molar-refractivity contribution is -0.118. The molecule has 6 rings (SSSR count). The third kappa shape index (κ3) is 4.18. The van der Waals surface area contributed by atoms with Crippen LogP contribution in [-0.4, -0.2) is 41.0 Å². The maximum absolute atomic E-state index is 13.4. The minimum absolute atomic E-state index is 0.0852. The molecule has 182 valence electrons. The van der Waals surface area contributed by atoms with Crippen molar-refractivity contribution in [2.45, 2.75) is 13.8 Å². The number of nitrogens with zero attached hydrogens (tertiary/aromatic N) is 5. The Morgan fingerprint density at radius 2 is 1.84 bits per heavy atom. The quantitative estimate of drug-likeness (QED) is 0.298. The van der Waals surface area contributed by atoms with Crippen molar-refractivity contribution in [3.8, 4) is 33.9 Å². The third-order valence-electron chi connectivity index (χ3n) is 6.04. The van der Waals surface area contributed by atoms with Gasteiger partial charge in [0.25, 0.3) is 0 Å². The summed E-state index contributed by atoms with van der Waals surface area (Å²) in [6, 6.07) is 11.9. The number of imidazole rings is 1. The minimum atomic E-state index is -0.296. The van der Waals surface area contributed by atoms with Crippen LogP contribution in [0.5, 0.6) is 0 Å². The zero-order valence-corrected chi connectivity index (χ0v) is 20.0. The molecule has 0 aliphatic heterocycles. The zero-order valence-electron chi connectivity index (χ0n) is 20.0. The van der Waals surface area contributed by atoms with Crippen molar-refractivity contribution in [2.75, 3.05) is 5.32 Å². The molecule has 37 heavy (non-hydrogen) atoms. The number of carbonyl (C=O) groups is 1. The van der Waals surface area contributed by atoms with Gasteiger partial charge in [-0.3, -0.25) is 19.9 Å². The summed E-state index contributed by atoms with van der Waals surface area (Å²) >= 11 is 0. The first kappa shape index (κ1) is 22.5. The number of amides is 1. The van der Waals surface area contributed by atoms with Gasteiger partial charge in [0.2, 0.25) is 5.91 Å². The monoisotopic (exact) mass is 492 g/mol. The lowest BCUT2D eigenvalue weighted by Gasteiger charge is -2.08. The van der Waals surface area contributed by atoms with Crippen LogP contribution in [0.2, 0.25) is 0 Å². The number of pyridine rings is 3. The lowest BCUT2D eigenvalue weighted by atomic mass is 10.1. The summed E-state index contributed by atoms with van der Waals surface area (Å²) in [6.45, 7) is 3.66. The molecule has 0 spiro atoms. The number of benzene rings is 1. The highest BCUT2D eigenvalue weighted by Gasteiger charge is 2.17. The molecule has 0 saturated carbocycles. The van der Waals surface area contributed by atoms with Crippen LogP contribution in [0.25, 0.3) is 56.0 Å². The number of hydrogen-bond acceptors (Lipinski definition) is 6. The van der Waals surface area contributed by atoms with Crippen molar-refractivity contribution in [1.29, 1.82) is 0 Å². The highest BCUT2D eigenvalue weighted by molar-refractivity contribution is 5.97. The van der Waals surface area contributed by atoms with Gasteiger partial charge in [-0.1, -0.05) is 26.0 Å². The van der Waals surface area contributed by atoms with Crippen LogP contribution in [0.1, 0.15) is 13.8 Å². The molecule has 0 atom stereocenters. The Morgan fingerprint density at radius 1 is 1.00 bits per heavy atom. The van der Waals surface area contributed by atoms with Gasteiger partial charge < -0.3 is 10.3 Å². The number of aromatic nitrogens is 7. The van der Waals surface area contributed by atoms with Gasteiger partial charge in [-0.25, -0.2) is 14.4 Å². The molecule has 0 bridgehead atoms. The zero-order chi connectivity index (χ0) is 25.5. The number of fused-ring (bicyclic) bond motifs is 2. The average molecular weight is 493 g/mol. The Labute approximate surface area is 210 Å². The molecule has 10 heteroatoms. The largest absolute Gasteiger partial charge is 0.335 e. The standard InChI is InChI=1S/C27H21FN8O/c1-14(2)27(37)32-18-9-16(11-29-12-18)21-10-20-22(13-31-21)35-36-24(20)26-33-23-19(7-8-30-25(23)34-26)15-3-5-17(28)6-4-15/h3-14H,1-2H3,(H,32,37)(H,35,36)(H,30,33,34). The lowest BCUT2D eigenvalue weighted by Crippen LogP contribution is -2.17. The van der Waals surface area contributed by atoms with E-state index in [9.17, 15) is 9.18 Å². The molecule has 5 heterocycles. The normalized spacial score (nSPS) is 11.5.